The minimum Gasteiger partial charge on any atom is -0.478 e. The summed E-state index contributed by atoms with van der Waals surface area (Å²) in [5.41, 5.74) is 0.913. The fourth-order valence-electron chi connectivity index (χ4n) is 1.28. The third-order valence-electron chi connectivity index (χ3n) is 2.11. The topological polar surface area (TPSA) is 68.0 Å². The molecule has 0 atom stereocenters. The van der Waals surface area contributed by atoms with Crippen molar-refractivity contribution in [2.75, 3.05) is 0 Å². The van der Waals surface area contributed by atoms with E-state index in [1.165, 1.54) is 11.2 Å². The average Bonchev–Trinajstić information content (AvgIpc) is 2.93. The molecule has 2 heterocycles. The monoisotopic (exact) mass is 281 g/mol. The zero-order valence-electron chi connectivity index (χ0n) is 9.61. The maximum absolute atomic E-state index is 10.4. The summed E-state index contributed by atoms with van der Waals surface area (Å²) in [5.74, 6) is -0.130. The Bertz CT molecular complexity index is 574. The number of hydrogen-bond donors (Lipinski definition) is 1. The van der Waals surface area contributed by atoms with E-state index in [-0.39, 0.29) is 0 Å². The van der Waals surface area contributed by atoms with Crippen LogP contribution in [0.5, 0.6) is 0 Å². The van der Waals surface area contributed by atoms with E-state index >= 15 is 0 Å². The molecule has 0 saturated heterocycles. The van der Waals surface area contributed by atoms with Crippen LogP contribution in [-0.4, -0.2) is 25.8 Å². The van der Waals surface area contributed by atoms with Gasteiger partial charge >= 0.3 is 5.97 Å². The van der Waals surface area contributed by atoms with Gasteiger partial charge in [-0.05, 0) is 23.1 Å². The summed E-state index contributed by atoms with van der Waals surface area (Å²) in [6, 6.07) is 1.98. The molecule has 0 aliphatic carbocycles. The highest BCUT2D eigenvalue weighted by molar-refractivity contribution is 7.98. The second-order valence-electron chi connectivity index (χ2n) is 3.47. The van der Waals surface area contributed by atoms with Gasteiger partial charge in [0.05, 0.1) is 0 Å². The van der Waals surface area contributed by atoms with Crippen molar-refractivity contribution in [3.8, 4) is 0 Å². The second kappa shape index (κ2) is 5.83. The van der Waals surface area contributed by atoms with Crippen LogP contribution in [-0.2, 0) is 17.6 Å². The van der Waals surface area contributed by atoms with Crippen molar-refractivity contribution in [1.29, 1.82) is 0 Å². The number of thioether (sulfide) groups is 1. The number of rotatable bonds is 5. The van der Waals surface area contributed by atoms with Gasteiger partial charge in [0, 0.05) is 23.8 Å². The molecular weight excluding hydrogens is 270 g/mol. The summed E-state index contributed by atoms with van der Waals surface area (Å²) >= 11 is 3.21. The molecule has 2 aromatic rings. The SMILES string of the molecule is Cn1ncnc1SCc1cc(/C=C/C(=O)O)cs1. The van der Waals surface area contributed by atoms with Crippen molar-refractivity contribution >= 4 is 35.1 Å². The molecule has 94 valence electrons. The molecule has 0 unspecified atom stereocenters. The van der Waals surface area contributed by atoms with Crippen LogP contribution >= 0.6 is 23.1 Å². The molecule has 0 bridgehead atoms. The minimum absolute atomic E-state index is 0.804. The molecule has 0 aliphatic rings. The number of hydrogen-bond acceptors (Lipinski definition) is 5. The molecule has 0 aromatic carbocycles. The van der Waals surface area contributed by atoms with E-state index in [0.29, 0.717) is 0 Å². The van der Waals surface area contributed by atoms with E-state index in [1.54, 1.807) is 33.9 Å². The van der Waals surface area contributed by atoms with Gasteiger partial charge in [0.1, 0.15) is 6.33 Å². The van der Waals surface area contributed by atoms with Crippen LogP contribution in [0.1, 0.15) is 10.4 Å². The first-order valence-electron chi connectivity index (χ1n) is 5.10. The molecule has 1 N–H and O–H groups in total. The van der Waals surface area contributed by atoms with Gasteiger partial charge in [0.25, 0.3) is 0 Å². The Morgan fingerprint density at radius 1 is 1.67 bits per heavy atom. The van der Waals surface area contributed by atoms with Gasteiger partial charge in [-0.25, -0.2) is 14.5 Å². The highest BCUT2D eigenvalue weighted by atomic mass is 32.2. The molecular formula is C11H11N3O2S2. The largest absolute Gasteiger partial charge is 0.478 e. The fourth-order valence-corrected chi connectivity index (χ4v) is 3.08. The molecule has 18 heavy (non-hydrogen) atoms. The van der Waals surface area contributed by atoms with E-state index in [1.807, 2.05) is 18.5 Å². The summed E-state index contributed by atoms with van der Waals surface area (Å²) in [5, 5.41) is 15.3. The van der Waals surface area contributed by atoms with Crippen molar-refractivity contribution in [3.05, 3.63) is 34.3 Å². The van der Waals surface area contributed by atoms with E-state index in [0.717, 1.165) is 22.5 Å². The van der Waals surface area contributed by atoms with Crippen LogP contribution in [0.15, 0.2) is 29.0 Å². The third-order valence-corrected chi connectivity index (χ3v) is 4.33. The smallest absolute Gasteiger partial charge is 0.328 e. The number of aromatic nitrogens is 3. The molecule has 0 radical (unpaired) electrons. The summed E-state index contributed by atoms with van der Waals surface area (Å²) in [4.78, 5) is 15.7. The van der Waals surface area contributed by atoms with Gasteiger partial charge in [-0.3, -0.25) is 0 Å². The predicted octanol–water partition coefficient (Wildman–Crippen LogP) is 2.27. The summed E-state index contributed by atoms with van der Waals surface area (Å²) in [6.45, 7) is 0. The zero-order valence-corrected chi connectivity index (χ0v) is 11.2. The Morgan fingerprint density at radius 2 is 2.50 bits per heavy atom. The number of carboxylic acid groups (broad SMARTS) is 1. The fraction of sp³-hybridized carbons (Fsp3) is 0.182. The number of carboxylic acids is 1. The van der Waals surface area contributed by atoms with Crippen molar-refractivity contribution < 1.29 is 9.90 Å². The summed E-state index contributed by atoms with van der Waals surface area (Å²) < 4.78 is 1.73. The third kappa shape index (κ3) is 3.44. The number of aryl methyl sites for hydroxylation is 1. The second-order valence-corrected chi connectivity index (χ2v) is 5.41. The molecule has 0 amide bonds. The van der Waals surface area contributed by atoms with Gasteiger partial charge in [-0.15, -0.1) is 11.3 Å². The maximum atomic E-state index is 10.4. The molecule has 2 rings (SSSR count). The predicted molar refractivity (Wildman–Crippen MR) is 71.6 cm³/mol. The Labute approximate surface area is 112 Å². The lowest BCUT2D eigenvalue weighted by Crippen LogP contribution is -1.92. The lowest BCUT2D eigenvalue weighted by atomic mass is 10.3. The quantitative estimate of drug-likeness (QED) is 0.672. The highest BCUT2D eigenvalue weighted by Gasteiger charge is 2.04. The zero-order chi connectivity index (χ0) is 13.0. The Hall–Kier alpha value is -1.60. The lowest BCUT2D eigenvalue weighted by Gasteiger charge is -1.97. The van der Waals surface area contributed by atoms with Crippen LogP contribution in [0.2, 0.25) is 0 Å². The van der Waals surface area contributed by atoms with E-state index < -0.39 is 5.97 Å². The van der Waals surface area contributed by atoms with Crippen LogP contribution in [0.25, 0.3) is 6.08 Å². The maximum Gasteiger partial charge on any atom is 0.328 e. The Morgan fingerprint density at radius 3 is 3.17 bits per heavy atom. The van der Waals surface area contributed by atoms with Crippen molar-refractivity contribution in [2.24, 2.45) is 7.05 Å². The van der Waals surface area contributed by atoms with Gasteiger partial charge in [-0.1, -0.05) is 11.8 Å². The number of aliphatic carboxylic acids is 1. The van der Waals surface area contributed by atoms with E-state index in [2.05, 4.69) is 10.1 Å². The number of nitrogens with zero attached hydrogens (tertiary/aromatic N) is 3. The molecule has 7 heteroatoms. The molecule has 0 aliphatic heterocycles. The summed E-state index contributed by atoms with van der Waals surface area (Å²) in [6.07, 6.45) is 4.26. The first kappa shape index (κ1) is 12.8. The average molecular weight is 281 g/mol. The number of thiophene rings is 1. The minimum atomic E-state index is -0.934. The first-order valence-corrected chi connectivity index (χ1v) is 6.97. The van der Waals surface area contributed by atoms with E-state index in [9.17, 15) is 4.79 Å². The van der Waals surface area contributed by atoms with Gasteiger partial charge < -0.3 is 5.11 Å². The normalized spacial score (nSPS) is 11.2. The molecule has 0 saturated carbocycles. The Kier molecular flexibility index (Phi) is 4.16. The van der Waals surface area contributed by atoms with Gasteiger partial charge in [0.2, 0.25) is 0 Å². The van der Waals surface area contributed by atoms with Crippen LogP contribution in [0.4, 0.5) is 0 Å². The van der Waals surface area contributed by atoms with Gasteiger partial charge in [0.15, 0.2) is 5.16 Å². The number of carbonyl (C=O) groups is 1. The van der Waals surface area contributed by atoms with E-state index in [4.69, 9.17) is 5.11 Å². The van der Waals surface area contributed by atoms with Crippen molar-refractivity contribution in [1.82, 2.24) is 14.8 Å². The lowest BCUT2D eigenvalue weighted by molar-refractivity contribution is -0.131. The molecule has 5 nitrogen and oxygen atoms in total. The van der Waals surface area contributed by atoms with Crippen molar-refractivity contribution in [3.63, 3.8) is 0 Å². The summed E-state index contributed by atoms with van der Waals surface area (Å²) in [7, 11) is 1.85. The molecule has 0 spiro atoms. The van der Waals surface area contributed by atoms with Gasteiger partial charge in [-0.2, -0.15) is 5.10 Å². The molecule has 2 aromatic heterocycles. The van der Waals surface area contributed by atoms with Crippen molar-refractivity contribution in [2.45, 2.75) is 10.9 Å². The highest BCUT2D eigenvalue weighted by Crippen LogP contribution is 2.25. The van der Waals surface area contributed by atoms with Crippen LogP contribution in [0.3, 0.4) is 0 Å². The molecule has 0 fully saturated rings. The standard InChI is InChI=1S/C11H11N3O2S2/c1-14-11(12-7-13-14)18-6-9-4-8(5-17-9)2-3-10(15)16/h2-5,7H,6H2,1H3,(H,15,16)/b3-2+. The van der Waals surface area contributed by atoms with Crippen LogP contribution in [0, 0.1) is 0 Å². The van der Waals surface area contributed by atoms with Crippen LogP contribution < -0.4 is 0 Å². The first-order chi connectivity index (χ1) is 8.65. The Balaban J connectivity index is 1.95.